The van der Waals surface area contributed by atoms with Crippen molar-refractivity contribution in [2.75, 3.05) is 26.3 Å². The maximum atomic E-state index is 10.4. The van der Waals surface area contributed by atoms with E-state index in [-0.39, 0.29) is 24.9 Å². The first-order valence-corrected chi connectivity index (χ1v) is 4.27. The van der Waals surface area contributed by atoms with E-state index < -0.39 is 5.97 Å². The van der Waals surface area contributed by atoms with Crippen LogP contribution >= 0.6 is 12.4 Å². The number of hydrogen-bond acceptors (Lipinski definition) is 3. The van der Waals surface area contributed by atoms with Gasteiger partial charge in [0.2, 0.25) is 0 Å². The average molecular weight is 210 g/mol. The standard InChI is InChI=1S/C8H15NO3.ClH/c1-2-9-3-4-12-6-7(9)5-8(10)11;/h7H,2-6H2,1H3,(H,10,11);1H. The largest absolute Gasteiger partial charge is 0.481 e. The second-order valence-corrected chi connectivity index (χ2v) is 2.96. The van der Waals surface area contributed by atoms with Gasteiger partial charge < -0.3 is 9.84 Å². The molecule has 0 radical (unpaired) electrons. The van der Waals surface area contributed by atoms with Gasteiger partial charge in [0.25, 0.3) is 0 Å². The lowest BCUT2D eigenvalue weighted by atomic mass is 10.1. The smallest absolute Gasteiger partial charge is 0.305 e. The molecule has 5 heteroatoms. The monoisotopic (exact) mass is 209 g/mol. The van der Waals surface area contributed by atoms with Gasteiger partial charge in [0.1, 0.15) is 0 Å². The highest BCUT2D eigenvalue weighted by atomic mass is 35.5. The molecule has 0 aromatic heterocycles. The highest BCUT2D eigenvalue weighted by Gasteiger charge is 2.23. The highest BCUT2D eigenvalue weighted by molar-refractivity contribution is 5.85. The van der Waals surface area contributed by atoms with Crippen LogP contribution in [0.1, 0.15) is 13.3 Å². The van der Waals surface area contributed by atoms with Crippen molar-refractivity contribution >= 4 is 18.4 Å². The first kappa shape index (κ1) is 12.7. The Bertz CT molecular complexity index is 165. The number of aliphatic carboxylic acids is 1. The number of halogens is 1. The molecule has 0 saturated carbocycles. The number of ether oxygens (including phenoxy) is 1. The highest BCUT2D eigenvalue weighted by Crippen LogP contribution is 2.09. The summed E-state index contributed by atoms with van der Waals surface area (Å²) in [5.41, 5.74) is 0. The third-order valence-corrected chi connectivity index (χ3v) is 2.17. The summed E-state index contributed by atoms with van der Waals surface area (Å²) in [4.78, 5) is 12.6. The zero-order valence-electron chi connectivity index (χ0n) is 7.73. The molecule has 78 valence electrons. The first-order valence-electron chi connectivity index (χ1n) is 4.27. The molecule has 13 heavy (non-hydrogen) atoms. The van der Waals surface area contributed by atoms with Crippen LogP contribution in [0.4, 0.5) is 0 Å². The Labute approximate surface area is 84.3 Å². The van der Waals surface area contributed by atoms with Gasteiger partial charge >= 0.3 is 5.97 Å². The summed E-state index contributed by atoms with van der Waals surface area (Å²) in [5.74, 6) is -0.746. The minimum atomic E-state index is -0.746. The number of carboxylic acid groups (broad SMARTS) is 1. The molecule has 0 aromatic rings. The molecule has 1 fully saturated rings. The summed E-state index contributed by atoms with van der Waals surface area (Å²) in [6.07, 6.45) is 0.188. The second kappa shape index (κ2) is 6.18. The van der Waals surface area contributed by atoms with Crippen LogP contribution in [0.2, 0.25) is 0 Å². The minimum Gasteiger partial charge on any atom is -0.481 e. The van der Waals surface area contributed by atoms with E-state index in [9.17, 15) is 4.79 Å². The lowest BCUT2D eigenvalue weighted by Crippen LogP contribution is -2.46. The Morgan fingerprint density at radius 3 is 2.92 bits per heavy atom. The van der Waals surface area contributed by atoms with Crippen molar-refractivity contribution in [3.05, 3.63) is 0 Å². The molecule has 1 aliphatic heterocycles. The lowest BCUT2D eigenvalue weighted by Gasteiger charge is -2.33. The van der Waals surface area contributed by atoms with Gasteiger partial charge in [-0.2, -0.15) is 0 Å². The van der Waals surface area contributed by atoms with Crippen LogP contribution in [0.3, 0.4) is 0 Å². The van der Waals surface area contributed by atoms with Crippen LogP contribution in [-0.2, 0) is 9.53 Å². The van der Waals surface area contributed by atoms with Gasteiger partial charge in [0, 0.05) is 12.6 Å². The number of nitrogens with zero attached hydrogens (tertiary/aromatic N) is 1. The molecule has 0 amide bonds. The first-order chi connectivity index (χ1) is 5.74. The molecule has 0 spiro atoms. The fourth-order valence-corrected chi connectivity index (χ4v) is 1.50. The summed E-state index contributed by atoms with van der Waals surface area (Å²) in [6.45, 7) is 5.08. The van der Waals surface area contributed by atoms with Gasteiger partial charge in [0.15, 0.2) is 0 Å². The Morgan fingerprint density at radius 1 is 1.69 bits per heavy atom. The van der Waals surface area contributed by atoms with Crippen molar-refractivity contribution in [1.29, 1.82) is 0 Å². The zero-order chi connectivity index (χ0) is 8.97. The summed E-state index contributed by atoms with van der Waals surface area (Å²) < 4.78 is 5.21. The Hall–Kier alpha value is -0.320. The molecule has 1 atom stereocenters. The van der Waals surface area contributed by atoms with E-state index in [4.69, 9.17) is 9.84 Å². The molecule has 0 aliphatic carbocycles. The van der Waals surface area contributed by atoms with Crippen molar-refractivity contribution < 1.29 is 14.6 Å². The Kier molecular flexibility index (Phi) is 6.03. The number of hydrogen-bond donors (Lipinski definition) is 1. The van der Waals surface area contributed by atoms with Crippen molar-refractivity contribution in [2.45, 2.75) is 19.4 Å². The van der Waals surface area contributed by atoms with Crippen LogP contribution in [0.5, 0.6) is 0 Å². The van der Waals surface area contributed by atoms with Crippen molar-refractivity contribution in [3.63, 3.8) is 0 Å². The van der Waals surface area contributed by atoms with E-state index in [0.29, 0.717) is 6.61 Å². The molecule has 1 heterocycles. The van der Waals surface area contributed by atoms with Gasteiger partial charge in [-0.3, -0.25) is 9.69 Å². The summed E-state index contributed by atoms with van der Waals surface area (Å²) in [7, 11) is 0. The third-order valence-electron chi connectivity index (χ3n) is 2.17. The van der Waals surface area contributed by atoms with E-state index in [1.807, 2.05) is 6.92 Å². The molecular weight excluding hydrogens is 194 g/mol. The molecular formula is C8H16ClNO3. The van der Waals surface area contributed by atoms with Gasteiger partial charge in [-0.1, -0.05) is 6.92 Å². The molecule has 0 aromatic carbocycles. The maximum Gasteiger partial charge on any atom is 0.305 e. The van der Waals surface area contributed by atoms with Gasteiger partial charge in [-0.15, -0.1) is 12.4 Å². The fourth-order valence-electron chi connectivity index (χ4n) is 1.50. The van der Waals surface area contributed by atoms with Gasteiger partial charge in [-0.05, 0) is 6.54 Å². The fraction of sp³-hybridized carbons (Fsp3) is 0.875. The normalized spacial score (nSPS) is 23.6. The van der Waals surface area contributed by atoms with Gasteiger partial charge in [-0.25, -0.2) is 0 Å². The Morgan fingerprint density at radius 2 is 2.38 bits per heavy atom. The van der Waals surface area contributed by atoms with E-state index >= 15 is 0 Å². The van der Waals surface area contributed by atoms with Crippen molar-refractivity contribution in [3.8, 4) is 0 Å². The quantitative estimate of drug-likeness (QED) is 0.740. The SMILES string of the molecule is CCN1CCOCC1CC(=O)O.Cl. The third kappa shape index (κ3) is 3.93. The second-order valence-electron chi connectivity index (χ2n) is 2.96. The average Bonchev–Trinajstić information content (AvgIpc) is 2.04. The molecule has 1 N–H and O–H groups in total. The van der Waals surface area contributed by atoms with Crippen LogP contribution in [0, 0.1) is 0 Å². The van der Waals surface area contributed by atoms with Crippen LogP contribution in [0.15, 0.2) is 0 Å². The predicted molar refractivity (Wildman–Crippen MR) is 51.4 cm³/mol. The van der Waals surface area contributed by atoms with Crippen LogP contribution < -0.4 is 0 Å². The molecule has 1 unspecified atom stereocenters. The van der Waals surface area contributed by atoms with Gasteiger partial charge in [0.05, 0.1) is 19.6 Å². The summed E-state index contributed by atoms with van der Waals surface area (Å²) in [6, 6.07) is 0.0706. The Balaban J connectivity index is 0.00000144. The summed E-state index contributed by atoms with van der Waals surface area (Å²) >= 11 is 0. The van der Waals surface area contributed by atoms with E-state index in [2.05, 4.69) is 4.90 Å². The van der Waals surface area contributed by atoms with Crippen molar-refractivity contribution in [1.82, 2.24) is 4.90 Å². The zero-order valence-corrected chi connectivity index (χ0v) is 8.55. The maximum absolute atomic E-state index is 10.4. The van der Waals surface area contributed by atoms with E-state index in [0.717, 1.165) is 19.7 Å². The van der Waals surface area contributed by atoms with Crippen LogP contribution in [-0.4, -0.2) is 48.3 Å². The number of carbonyl (C=O) groups is 1. The van der Waals surface area contributed by atoms with E-state index in [1.165, 1.54) is 0 Å². The molecule has 1 aliphatic rings. The minimum absolute atomic E-state index is 0. The lowest BCUT2D eigenvalue weighted by molar-refractivity contribution is -0.140. The number of morpholine rings is 1. The predicted octanol–water partition coefficient (Wildman–Crippen LogP) is 0.604. The summed E-state index contributed by atoms with van der Waals surface area (Å²) in [5, 5.41) is 8.60. The molecule has 4 nitrogen and oxygen atoms in total. The number of likely N-dealkylation sites (N-methyl/N-ethyl adjacent to an activating group) is 1. The number of carboxylic acids is 1. The van der Waals surface area contributed by atoms with Crippen LogP contribution in [0.25, 0.3) is 0 Å². The molecule has 1 saturated heterocycles. The molecule has 0 bridgehead atoms. The van der Waals surface area contributed by atoms with Crippen molar-refractivity contribution in [2.24, 2.45) is 0 Å². The van der Waals surface area contributed by atoms with E-state index in [1.54, 1.807) is 0 Å². The molecule has 1 rings (SSSR count). The number of rotatable bonds is 3. The topological polar surface area (TPSA) is 49.8 Å².